The molecule has 0 N–H and O–H groups in total. The molecule has 3 aromatic carbocycles. The molecule has 0 aliphatic heterocycles. The third kappa shape index (κ3) is 4.19. The minimum Gasteiger partial charge on any atom is -0.0625 e. The van der Waals surface area contributed by atoms with E-state index >= 15 is 0 Å². The SMILES string of the molecule is CC(C)C1CCCCC1C[P+](c1ccccc1)(c1ccccc1)c1ccccc1. The van der Waals surface area contributed by atoms with Crippen LogP contribution in [-0.4, -0.2) is 6.16 Å². The van der Waals surface area contributed by atoms with E-state index in [0.717, 1.165) is 17.8 Å². The van der Waals surface area contributed by atoms with E-state index in [1.54, 1.807) is 0 Å². The van der Waals surface area contributed by atoms with Gasteiger partial charge in [0.25, 0.3) is 0 Å². The molecule has 0 radical (unpaired) electrons. The van der Waals surface area contributed by atoms with Gasteiger partial charge >= 0.3 is 0 Å². The Bertz CT molecular complexity index is 773. The van der Waals surface area contributed by atoms with Crippen molar-refractivity contribution < 1.29 is 0 Å². The first-order valence-corrected chi connectivity index (χ1v) is 13.2. The lowest BCUT2D eigenvalue weighted by Crippen LogP contribution is -2.38. The van der Waals surface area contributed by atoms with Gasteiger partial charge < -0.3 is 0 Å². The lowest BCUT2D eigenvalue weighted by atomic mass is 9.74. The monoisotopic (exact) mass is 401 g/mol. The van der Waals surface area contributed by atoms with Crippen molar-refractivity contribution in [2.75, 3.05) is 6.16 Å². The molecule has 1 heteroatoms. The Morgan fingerprint density at radius 3 is 1.48 bits per heavy atom. The summed E-state index contributed by atoms with van der Waals surface area (Å²) < 4.78 is 0. The third-order valence-corrected chi connectivity index (χ3v) is 11.5. The molecule has 0 saturated heterocycles. The van der Waals surface area contributed by atoms with Crippen molar-refractivity contribution in [2.24, 2.45) is 17.8 Å². The van der Waals surface area contributed by atoms with E-state index in [1.807, 2.05) is 0 Å². The fraction of sp³-hybridized carbons (Fsp3) is 0.357. The first-order valence-electron chi connectivity index (χ1n) is 11.3. The minimum absolute atomic E-state index is 0.768. The first-order chi connectivity index (χ1) is 14.2. The fourth-order valence-corrected chi connectivity index (χ4v) is 10.2. The maximum absolute atomic E-state index is 2.44. The largest absolute Gasteiger partial charge is 0.112 e. The van der Waals surface area contributed by atoms with Gasteiger partial charge in [0.1, 0.15) is 23.2 Å². The van der Waals surface area contributed by atoms with Crippen LogP contribution in [0.1, 0.15) is 39.5 Å². The van der Waals surface area contributed by atoms with E-state index in [9.17, 15) is 0 Å². The molecule has 0 nitrogen and oxygen atoms in total. The summed E-state index contributed by atoms with van der Waals surface area (Å²) in [5.41, 5.74) is 0. The van der Waals surface area contributed by atoms with E-state index in [4.69, 9.17) is 0 Å². The van der Waals surface area contributed by atoms with Crippen LogP contribution in [-0.2, 0) is 0 Å². The molecule has 150 valence electrons. The highest BCUT2D eigenvalue weighted by molar-refractivity contribution is 7.95. The minimum atomic E-state index is -1.70. The van der Waals surface area contributed by atoms with Crippen LogP contribution in [0, 0.1) is 17.8 Å². The normalized spacial score (nSPS) is 20.0. The van der Waals surface area contributed by atoms with Gasteiger partial charge in [-0.3, -0.25) is 0 Å². The van der Waals surface area contributed by atoms with Crippen molar-refractivity contribution in [2.45, 2.75) is 39.5 Å². The van der Waals surface area contributed by atoms with E-state index in [0.29, 0.717) is 0 Å². The van der Waals surface area contributed by atoms with E-state index in [1.165, 1.54) is 47.8 Å². The van der Waals surface area contributed by atoms with Crippen LogP contribution in [0.5, 0.6) is 0 Å². The third-order valence-electron chi connectivity index (χ3n) is 6.92. The molecule has 0 amide bonds. The smallest absolute Gasteiger partial charge is 0.0625 e. The lowest BCUT2D eigenvalue weighted by molar-refractivity contribution is 0.199. The van der Waals surface area contributed by atoms with Gasteiger partial charge in [-0.15, -0.1) is 0 Å². The summed E-state index contributed by atoms with van der Waals surface area (Å²) in [5, 5.41) is 4.60. The molecule has 0 spiro atoms. The van der Waals surface area contributed by atoms with Gasteiger partial charge in [-0.2, -0.15) is 0 Å². The average Bonchev–Trinajstić information content (AvgIpc) is 2.79. The highest BCUT2D eigenvalue weighted by Crippen LogP contribution is 2.59. The molecule has 0 bridgehead atoms. The number of hydrogen-bond donors (Lipinski definition) is 0. The zero-order chi connectivity index (χ0) is 20.1. The highest BCUT2D eigenvalue weighted by Gasteiger charge is 2.48. The molecule has 2 atom stereocenters. The van der Waals surface area contributed by atoms with Gasteiger partial charge in [-0.05, 0) is 67.0 Å². The second kappa shape index (κ2) is 9.27. The molecule has 1 aliphatic rings. The van der Waals surface area contributed by atoms with Crippen molar-refractivity contribution in [3.05, 3.63) is 91.0 Å². The summed E-state index contributed by atoms with van der Waals surface area (Å²) in [5.74, 6) is 2.42. The lowest BCUT2D eigenvalue weighted by Gasteiger charge is -2.38. The van der Waals surface area contributed by atoms with Gasteiger partial charge in [-0.25, -0.2) is 0 Å². The van der Waals surface area contributed by atoms with Crippen molar-refractivity contribution in [1.82, 2.24) is 0 Å². The van der Waals surface area contributed by atoms with Crippen LogP contribution in [0.25, 0.3) is 0 Å². The summed E-state index contributed by atoms with van der Waals surface area (Å²) >= 11 is 0. The van der Waals surface area contributed by atoms with Crippen molar-refractivity contribution >= 4 is 23.2 Å². The summed E-state index contributed by atoms with van der Waals surface area (Å²) in [6.45, 7) is 4.88. The van der Waals surface area contributed by atoms with Crippen LogP contribution >= 0.6 is 7.26 Å². The zero-order valence-corrected chi connectivity index (χ0v) is 18.8. The Balaban J connectivity index is 1.90. The van der Waals surface area contributed by atoms with Gasteiger partial charge in [0.15, 0.2) is 0 Å². The molecule has 1 fully saturated rings. The van der Waals surface area contributed by atoms with E-state index < -0.39 is 7.26 Å². The van der Waals surface area contributed by atoms with Crippen molar-refractivity contribution in [1.29, 1.82) is 0 Å². The molecule has 29 heavy (non-hydrogen) atoms. The molecule has 0 heterocycles. The average molecular weight is 402 g/mol. The van der Waals surface area contributed by atoms with Crippen LogP contribution in [0.3, 0.4) is 0 Å². The van der Waals surface area contributed by atoms with Crippen LogP contribution < -0.4 is 15.9 Å². The molecule has 2 unspecified atom stereocenters. The summed E-state index contributed by atoms with van der Waals surface area (Å²) in [7, 11) is -1.70. The quantitative estimate of drug-likeness (QED) is 0.417. The maximum atomic E-state index is 2.44. The predicted molar refractivity (Wildman–Crippen MR) is 130 cm³/mol. The number of hydrogen-bond acceptors (Lipinski definition) is 0. The molecule has 1 saturated carbocycles. The van der Waals surface area contributed by atoms with Crippen LogP contribution in [0.4, 0.5) is 0 Å². The topological polar surface area (TPSA) is 0 Å². The predicted octanol–water partition coefficient (Wildman–Crippen LogP) is 6.44. The summed E-state index contributed by atoms with van der Waals surface area (Å²) in [4.78, 5) is 0. The molecule has 0 aromatic heterocycles. The first kappa shape index (κ1) is 20.4. The fourth-order valence-electron chi connectivity index (χ4n) is 5.50. The molecule has 3 aromatic rings. The zero-order valence-electron chi connectivity index (χ0n) is 17.9. The summed E-state index contributed by atoms with van der Waals surface area (Å²) in [6, 6.07) is 34.2. The number of benzene rings is 3. The maximum Gasteiger partial charge on any atom is 0.112 e. The van der Waals surface area contributed by atoms with E-state index in [-0.39, 0.29) is 0 Å². The molecule has 4 rings (SSSR count). The Morgan fingerprint density at radius 2 is 1.07 bits per heavy atom. The Morgan fingerprint density at radius 1 is 0.655 bits per heavy atom. The number of rotatable bonds is 6. The standard InChI is InChI=1S/C28H34P/c1-23(2)28-21-13-12-14-24(28)22-29(25-15-6-3-7-16-25,26-17-8-4-9-18-26)27-19-10-5-11-20-27/h3-11,15-20,23-24,28H,12-14,21-22H2,1-2H3/q+1. The molecular formula is C28H34P+. The van der Waals surface area contributed by atoms with Crippen LogP contribution in [0.15, 0.2) is 91.0 Å². The second-order valence-electron chi connectivity index (χ2n) is 8.95. The molecule has 1 aliphatic carbocycles. The highest BCUT2D eigenvalue weighted by atomic mass is 31.2. The van der Waals surface area contributed by atoms with Gasteiger partial charge in [0, 0.05) is 0 Å². The Kier molecular flexibility index (Phi) is 6.51. The van der Waals surface area contributed by atoms with Crippen LogP contribution in [0.2, 0.25) is 0 Å². The summed E-state index contributed by atoms with van der Waals surface area (Å²) in [6.07, 6.45) is 6.89. The van der Waals surface area contributed by atoms with Gasteiger partial charge in [-0.1, -0.05) is 81.3 Å². The van der Waals surface area contributed by atoms with E-state index in [2.05, 4.69) is 105 Å². The van der Waals surface area contributed by atoms with Gasteiger partial charge in [0.05, 0.1) is 6.16 Å². The van der Waals surface area contributed by atoms with Crippen molar-refractivity contribution in [3.8, 4) is 0 Å². The van der Waals surface area contributed by atoms with Gasteiger partial charge in [0.2, 0.25) is 0 Å². The Labute approximate surface area is 177 Å². The van der Waals surface area contributed by atoms with Crippen molar-refractivity contribution in [3.63, 3.8) is 0 Å². The Hall–Kier alpha value is -1.91. The second-order valence-corrected chi connectivity index (χ2v) is 12.5. The molecular weight excluding hydrogens is 367 g/mol.